The van der Waals surface area contributed by atoms with Crippen molar-refractivity contribution in [3.63, 3.8) is 0 Å². The van der Waals surface area contributed by atoms with Crippen molar-refractivity contribution in [2.75, 3.05) is 18.6 Å². The van der Waals surface area contributed by atoms with Crippen molar-refractivity contribution >= 4 is 9.84 Å². The van der Waals surface area contributed by atoms with E-state index < -0.39 is 9.84 Å². The van der Waals surface area contributed by atoms with Gasteiger partial charge in [-0.05, 0) is 25.3 Å². The third-order valence-corrected chi connectivity index (χ3v) is 5.85. The van der Waals surface area contributed by atoms with E-state index in [2.05, 4.69) is 24.3 Å². The first kappa shape index (κ1) is 15.5. The summed E-state index contributed by atoms with van der Waals surface area (Å²) in [4.78, 5) is 0. The second kappa shape index (κ2) is 5.48. The first-order chi connectivity index (χ1) is 9.28. The highest BCUT2D eigenvalue weighted by atomic mass is 32.2. The minimum Gasteiger partial charge on any atom is -0.313 e. The lowest BCUT2D eigenvalue weighted by molar-refractivity contribution is 0.257. The van der Waals surface area contributed by atoms with Gasteiger partial charge in [0.2, 0.25) is 0 Å². The molecule has 0 radical (unpaired) electrons. The summed E-state index contributed by atoms with van der Waals surface area (Å²) in [6, 6.07) is 0.310. The van der Waals surface area contributed by atoms with Crippen molar-refractivity contribution < 1.29 is 8.42 Å². The van der Waals surface area contributed by atoms with E-state index in [-0.39, 0.29) is 16.9 Å². The third kappa shape index (κ3) is 3.23. The molecule has 1 heterocycles. The Labute approximate surface area is 121 Å². The largest absolute Gasteiger partial charge is 0.313 e. The summed E-state index contributed by atoms with van der Waals surface area (Å²) in [5.41, 5.74) is 2.62. The van der Waals surface area contributed by atoms with Gasteiger partial charge in [0.1, 0.15) is 0 Å². The Hall–Kier alpha value is -0.880. The molecule has 1 N–H and O–H groups in total. The topological polar surface area (TPSA) is 64.0 Å². The van der Waals surface area contributed by atoms with E-state index in [1.165, 1.54) is 11.3 Å². The van der Waals surface area contributed by atoms with Crippen molar-refractivity contribution in [1.29, 1.82) is 0 Å². The lowest BCUT2D eigenvalue weighted by atomic mass is 9.74. The Bertz CT molecular complexity index is 575. The molecular formula is C14H25N3O2S. The van der Waals surface area contributed by atoms with Gasteiger partial charge in [-0.25, -0.2) is 8.42 Å². The highest BCUT2D eigenvalue weighted by Crippen LogP contribution is 2.40. The predicted octanol–water partition coefficient (Wildman–Crippen LogP) is 1.55. The Morgan fingerprint density at radius 3 is 2.80 bits per heavy atom. The van der Waals surface area contributed by atoms with Crippen molar-refractivity contribution in [3.8, 4) is 0 Å². The van der Waals surface area contributed by atoms with Crippen molar-refractivity contribution in [1.82, 2.24) is 15.1 Å². The van der Waals surface area contributed by atoms with Crippen LogP contribution in [0.1, 0.15) is 44.5 Å². The molecule has 1 aliphatic rings. The molecule has 1 aliphatic carbocycles. The molecule has 0 aliphatic heterocycles. The second-order valence-electron chi connectivity index (χ2n) is 6.39. The summed E-state index contributed by atoms with van der Waals surface area (Å²) in [5.74, 6) is 0.364. The van der Waals surface area contributed by atoms with Crippen LogP contribution in [-0.2, 0) is 22.8 Å². The lowest BCUT2D eigenvalue weighted by Gasteiger charge is -2.35. The molecule has 1 atom stereocenters. The van der Waals surface area contributed by atoms with Crippen molar-refractivity contribution in [3.05, 3.63) is 17.5 Å². The van der Waals surface area contributed by atoms with Crippen LogP contribution in [0.25, 0.3) is 0 Å². The summed E-state index contributed by atoms with van der Waals surface area (Å²) in [6.45, 7) is 6.65. The lowest BCUT2D eigenvalue weighted by Crippen LogP contribution is -2.32. The normalized spacial score (nSPS) is 21.7. The molecule has 0 saturated carbocycles. The van der Waals surface area contributed by atoms with Crippen LogP contribution in [0.3, 0.4) is 0 Å². The molecule has 1 aromatic rings. The monoisotopic (exact) mass is 299 g/mol. The molecule has 1 aromatic heterocycles. The summed E-state index contributed by atoms with van der Waals surface area (Å²) in [5, 5.41) is 7.75. The Morgan fingerprint density at radius 1 is 1.50 bits per heavy atom. The Morgan fingerprint density at radius 2 is 2.20 bits per heavy atom. The summed E-state index contributed by atoms with van der Waals surface area (Å²) < 4.78 is 25.2. The number of rotatable bonds is 5. The third-order valence-electron chi connectivity index (χ3n) is 4.16. The number of sulfone groups is 1. The quantitative estimate of drug-likeness (QED) is 0.896. The molecule has 0 spiro atoms. The van der Waals surface area contributed by atoms with E-state index in [1.807, 2.05) is 17.9 Å². The number of aromatic nitrogens is 2. The van der Waals surface area contributed by atoms with Gasteiger partial charge in [-0.3, -0.25) is 4.68 Å². The fourth-order valence-electron chi connectivity index (χ4n) is 2.92. The van der Waals surface area contributed by atoms with Crippen LogP contribution in [0.4, 0.5) is 0 Å². The van der Waals surface area contributed by atoms with Crippen molar-refractivity contribution in [2.45, 2.75) is 46.2 Å². The van der Waals surface area contributed by atoms with E-state index in [0.717, 1.165) is 12.8 Å². The number of nitrogens with zero attached hydrogens (tertiary/aromatic N) is 2. The number of fused-ring (bicyclic) bond motifs is 1. The van der Waals surface area contributed by atoms with Gasteiger partial charge in [0, 0.05) is 23.1 Å². The molecule has 5 nitrogen and oxygen atoms in total. The fraction of sp³-hybridized carbons (Fsp3) is 0.786. The molecule has 114 valence electrons. The summed E-state index contributed by atoms with van der Waals surface area (Å²) >= 11 is 0. The minimum absolute atomic E-state index is 0.169. The molecular weight excluding hydrogens is 274 g/mol. The van der Waals surface area contributed by atoms with Crippen LogP contribution in [0, 0.1) is 5.41 Å². The molecule has 2 rings (SSSR count). The molecule has 0 bridgehead atoms. The molecule has 0 fully saturated rings. The number of hydrogen-bond acceptors (Lipinski definition) is 4. The van der Waals surface area contributed by atoms with Gasteiger partial charge in [-0.15, -0.1) is 0 Å². The van der Waals surface area contributed by atoms with E-state index in [9.17, 15) is 8.42 Å². The molecule has 1 unspecified atom stereocenters. The van der Waals surface area contributed by atoms with Crippen LogP contribution in [0.5, 0.6) is 0 Å². The predicted molar refractivity (Wildman–Crippen MR) is 80.5 cm³/mol. The van der Waals surface area contributed by atoms with Crippen LogP contribution in [0.2, 0.25) is 0 Å². The van der Waals surface area contributed by atoms with Gasteiger partial charge in [0.15, 0.2) is 9.84 Å². The first-order valence-corrected chi connectivity index (χ1v) is 9.02. The highest BCUT2D eigenvalue weighted by Gasteiger charge is 2.34. The summed E-state index contributed by atoms with van der Waals surface area (Å²) in [7, 11) is -0.979. The van der Waals surface area contributed by atoms with Gasteiger partial charge >= 0.3 is 0 Å². The van der Waals surface area contributed by atoms with Gasteiger partial charge in [0.05, 0.1) is 18.5 Å². The summed E-state index contributed by atoms with van der Waals surface area (Å²) in [6.07, 6.45) is 3.92. The average molecular weight is 299 g/mol. The zero-order chi connectivity index (χ0) is 15.0. The number of nitrogens with one attached hydrogen (secondary N) is 1. The SMILES string of the molecule is CCS(=O)(=O)CCn1ncc2c1CC(C)(C)CC2NC. The van der Waals surface area contributed by atoms with E-state index >= 15 is 0 Å². The maximum absolute atomic E-state index is 11.7. The van der Waals surface area contributed by atoms with Gasteiger partial charge in [0.25, 0.3) is 0 Å². The first-order valence-electron chi connectivity index (χ1n) is 7.20. The van der Waals surface area contributed by atoms with E-state index in [1.54, 1.807) is 6.92 Å². The zero-order valence-corrected chi connectivity index (χ0v) is 13.6. The van der Waals surface area contributed by atoms with Gasteiger partial charge < -0.3 is 5.32 Å². The van der Waals surface area contributed by atoms with E-state index in [4.69, 9.17) is 0 Å². The molecule has 0 aromatic carbocycles. The zero-order valence-electron chi connectivity index (χ0n) is 12.8. The van der Waals surface area contributed by atoms with E-state index in [0.29, 0.717) is 12.6 Å². The molecule has 6 heteroatoms. The Balaban J connectivity index is 2.24. The Kier molecular flexibility index (Phi) is 4.25. The number of hydrogen-bond donors (Lipinski definition) is 1. The van der Waals surface area contributed by atoms with Crippen LogP contribution in [0.15, 0.2) is 6.20 Å². The molecule has 0 saturated heterocycles. The van der Waals surface area contributed by atoms with Gasteiger partial charge in [-0.1, -0.05) is 20.8 Å². The molecule has 20 heavy (non-hydrogen) atoms. The molecule has 0 amide bonds. The standard InChI is InChI=1S/C14H25N3O2S/c1-5-20(18,19)7-6-17-13-9-14(2,3)8-12(15-4)11(13)10-16-17/h10,12,15H,5-9H2,1-4H3. The maximum Gasteiger partial charge on any atom is 0.151 e. The van der Waals surface area contributed by atoms with Crippen LogP contribution in [-0.4, -0.2) is 36.8 Å². The second-order valence-corrected chi connectivity index (χ2v) is 8.87. The van der Waals surface area contributed by atoms with Crippen LogP contribution < -0.4 is 5.32 Å². The number of aryl methyl sites for hydroxylation is 1. The van der Waals surface area contributed by atoms with Crippen molar-refractivity contribution in [2.24, 2.45) is 5.41 Å². The highest BCUT2D eigenvalue weighted by molar-refractivity contribution is 7.91. The average Bonchev–Trinajstić information content (AvgIpc) is 2.77. The van der Waals surface area contributed by atoms with Gasteiger partial charge in [-0.2, -0.15) is 5.10 Å². The van der Waals surface area contributed by atoms with Crippen LogP contribution >= 0.6 is 0 Å². The fourth-order valence-corrected chi connectivity index (χ4v) is 3.66. The minimum atomic E-state index is -2.95. The maximum atomic E-state index is 11.7. The smallest absolute Gasteiger partial charge is 0.151 e.